The molecule has 6 heteroatoms. The molecule has 0 saturated carbocycles. The van der Waals surface area contributed by atoms with Gasteiger partial charge in [0.15, 0.2) is 0 Å². The van der Waals surface area contributed by atoms with Gasteiger partial charge in [0.2, 0.25) is 5.91 Å². The molecule has 3 amide bonds. The van der Waals surface area contributed by atoms with Crippen LogP contribution in [-0.4, -0.2) is 39.4 Å². The molecule has 1 unspecified atom stereocenters. The SMILES string of the molecule is NC(=O)N1C(c2ccncc2)=CC(=O)N2CCCCCC21. The molecular weight excluding hydrogens is 268 g/mol. The van der Waals surface area contributed by atoms with Gasteiger partial charge in [0.25, 0.3) is 0 Å². The van der Waals surface area contributed by atoms with Crippen LogP contribution in [0.4, 0.5) is 4.79 Å². The Labute approximate surface area is 123 Å². The van der Waals surface area contributed by atoms with Gasteiger partial charge in [-0.15, -0.1) is 0 Å². The number of fused-ring (bicyclic) bond motifs is 1. The summed E-state index contributed by atoms with van der Waals surface area (Å²) in [6, 6.07) is 3.03. The van der Waals surface area contributed by atoms with Crippen molar-refractivity contribution >= 4 is 17.6 Å². The molecule has 2 aliphatic heterocycles. The molecule has 1 aromatic rings. The van der Waals surface area contributed by atoms with E-state index >= 15 is 0 Å². The van der Waals surface area contributed by atoms with Gasteiger partial charge in [-0.05, 0) is 31.4 Å². The quantitative estimate of drug-likeness (QED) is 0.850. The summed E-state index contributed by atoms with van der Waals surface area (Å²) in [6.07, 6.45) is 8.29. The first kappa shape index (κ1) is 13.6. The van der Waals surface area contributed by atoms with Crippen LogP contribution in [0.3, 0.4) is 0 Å². The van der Waals surface area contributed by atoms with E-state index < -0.39 is 6.03 Å². The van der Waals surface area contributed by atoms with Crippen LogP contribution in [0.1, 0.15) is 31.2 Å². The molecule has 2 N–H and O–H groups in total. The first-order chi connectivity index (χ1) is 10.2. The van der Waals surface area contributed by atoms with Gasteiger partial charge in [0, 0.05) is 30.6 Å². The maximum atomic E-state index is 12.4. The van der Waals surface area contributed by atoms with Crippen molar-refractivity contribution in [2.45, 2.75) is 31.8 Å². The van der Waals surface area contributed by atoms with Crippen LogP contribution in [0.5, 0.6) is 0 Å². The van der Waals surface area contributed by atoms with Crippen LogP contribution in [-0.2, 0) is 4.79 Å². The summed E-state index contributed by atoms with van der Waals surface area (Å²) >= 11 is 0. The molecule has 0 aliphatic carbocycles. The second-order valence-electron chi connectivity index (χ2n) is 5.34. The molecule has 110 valence electrons. The number of urea groups is 1. The summed E-state index contributed by atoms with van der Waals surface area (Å²) < 4.78 is 0. The van der Waals surface area contributed by atoms with Crippen LogP contribution < -0.4 is 5.73 Å². The Morgan fingerprint density at radius 3 is 2.71 bits per heavy atom. The lowest BCUT2D eigenvalue weighted by atomic mass is 10.1. The average molecular weight is 286 g/mol. The van der Waals surface area contributed by atoms with E-state index in [1.165, 1.54) is 6.08 Å². The van der Waals surface area contributed by atoms with E-state index in [0.717, 1.165) is 31.2 Å². The van der Waals surface area contributed by atoms with E-state index in [-0.39, 0.29) is 12.1 Å². The lowest BCUT2D eigenvalue weighted by Crippen LogP contribution is -2.56. The van der Waals surface area contributed by atoms with Crippen LogP contribution in [0.25, 0.3) is 5.70 Å². The number of hydrogen-bond donors (Lipinski definition) is 1. The van der Waals surface area contributed by atoms with Gasteiger partial charge in [-0.3, -0.25) is 14.7 Å². The number of carbonyl (C=O) groups excluding carboxylic acids is 2. The standard InChI is InChI=1S/C15H18N4O2/c16-15(21)19-12(11-5-7-17-8-6-11)10-14(20)18-9-3-1-2-4-13(18)19/h5-8,10,13H,1-4,9H2,(H2,16,21). The Hall–Kier alpha value is -2.37. The first-order valence-corrected chi connectivity index (χ1v) is 7.20. The van der Waals surface area contributed by atoms with Gasteiger partial charge in [-0.1, -0.05) is 6.42 Å². The second-order valence-corrected chi connectivity index (χ2v) is 5.34. The molecule has 0 bridgehead atoms. The van der Waals surface area contributed by atoms with Crippen molar-refractivity contribution in [1.82, 2.24) is 14.8 Å². The Balaban J connectivity index is 2.06. The number of carbonyl (C=O) groups is 2. The molecule has 3 rings (SSSR count). The third kappa shape index (κ3) is 2.49. The molecule has 21 heavy (non-hydrogen) atoms. The van der Waals surface area contributed by atoms with Gasteiger partial charge in [0.05, 0.1) is 5.70 Å². The van der Waals surface area contributed by atoms with Gasteiger partial charge in [-0.25, -0.2) is 4.79 Å². The summed E-state index contributed by atoms with van der Waals surface area (Å²) in [5, 5.41) is 0. The zero-order chi connectivity index (χ0) is 14.8. The highest BCUT2D eigenvalue weighted by atomic mass is 16.2. The number of rotatable bonds is 1. The van der Waals surface area contributed by atoms with Crippen molar-refractivity contribution in [1.29, 1.82) is 0 Å². The number of primary amides is 1. The van der Waals surface area contributed by atoms with Gasteiger partial charge in [-0.2, -0.15) is 0 Å². The summed E-state index contributed by atoms with van der Waals surface area (Å²) in [4.78, 5) is 31.6. The number of nitrogens with two attached hydrogens (primary N) is 1. The van der Waals surface area contributed by atoms with E-state index in [2.05, 4.69) is 4.98 Å². The fourth-order valence-electron chi connectivity index (χ4n) is 3.06. The van der Waals surface area contributed by atoms with Gasteiger partial charge in [0.1, 0.15) is 6.17 Å². The Bertz CT molecular complexity index is 585. The van der Waals surface area contributed by atoms with E-state index in [4.69, 9.17) is 5.73 Å². The van der Waals surface area contributed by atoms with Crippen LogP contribution >= 0.6 is 0 Å². The van der Waals surface area contributed by atoms with E-state index in [1.54, 1.807) is 34.3 Å². The smallest absolute Gasteiger partial charge is 0.321 e. The van der Waals surface area contributed by atoms with E-state index in [1.807, 2.05) is 0 Å². The molecule has 3 heterocycles. The van der Waals surface area contributed by atoms with Crippen molar-refractivity contribution in [2.24, 2.45) is 5.73 Å². The normalized spacial score (nSPS) is 22.4. The number of amides is 3. The third-order valence-electron chi connectivity index (χ3n) is 4.04. The Morgan fingerprint density at radius 2 is 2.00 bits per heavy atom. The molecule has 1 saturated heterocycles. The molecule has 6 nitrogen and oxygen atoms in total. The summed E-state index contributed by atoms with van der Waals surface area (Å²) in [5.74, 6) is -0.0498. The number of nitrogens with zero attached hydrogens (tertiary/aromatic N) is 3. The molecule has 0 spiro atoms. The zero-order valence-corrected chi connectivity index (χ0v) is 11.7. The van der Waals surface area contributed by atoms with Crippen molar-refractivity contribution in [3.63, 3.8) is 0 Å². The van der Waals surface area contributed by atoms with Gasteiger partial charge >= 0.3 is 6.03 Å². The maximum Gasteiger partial charge on any atom is 0.321 e. The van der Waals surface area contributed by atoms with Gasteiger partial charge < -0.3 is 10.6 Å². The first-order valence-electron chi connectivity index (χ1n) is 7.20. The highest BCUT2D eigenvalue weighted by Crippen LogP contribution is 2.31. The lowest BCUT2D eigenvalue weighted by molar-refractivity contribution is -0.131. The molecular formula is C15H18N4O2. The third-order valence-corrected chi connectivity index (χ3v) is 4.04. The minimum Gasteiger partial charge on any atom is -0.351 e. The van der Waals surface area contributed by atoms with E-state index in [9.17, 15) is 9.59 Å². The minimum absolute atomic E-state index is 0.0498. The zero-order valence-electron chi connectivity index (χ0n) is 11.7. The van der Waals surface area contributed by atoms with E-state index in [0.29, 0.717) is 12.2 Å². The molecule has 1 fully saturated rings. The molecule has 0 aromatic carbocycles. The van der Waals surface area contributed by atoms with Crippen molar-refractivity contribution in [3.8, 4) is 0 Å². The Kier molecular flexibility index (Phi) is 3.60. The van der Waals surface area contributed by atoms with Crippen molar-refractivity contribution < 1.29 is 9.59 Å². The number of pyridine rings is 1. The predicted molar refractivity (Wildman–Crippen MR) is 77.6 cm³/mol. The molecule has 1 aromatic heterocycles. The summed E-state index contributed by atoms with van der Waals surface area (Å²) in [7, 11) is 0. The summed E-state index contributed by atoms with van der Waals surface area (Å²) in [5.41, 5.74) is 6.94. The lowest BCUT2D eigenvalue weighted by Gasteiger charge is -2.42. The van der Waals surface area contributed by atoms with Crippen LogP contribution in [0.2, 0.25) is 0 Å². The van der Waals surface area contributed by atoms with Crippen molar-refractivity contribution in [3.05, 3.63) is 36.2 Å². The van der Waals surface area contributed by atoms with Crippen LogP contribution in [0.15, 0.2) is 30.6 Å². The second kappa shape index (κ2) is 5.55. The molecule has 2 aliphatic rings. The largest absolute Gasteiger partial charge is 0.351 e. The number of hydrogen-bond acceptors (Lipinski definition) is 3. The fraction of sp³-hybridized carbons (Fsp3) is 0.400. The number of aromatic nitrogens is 1. The Morgan fingerprint density at radius 1 is 1.24 bits per heavy atom. The summed E-state index contributed by atoms with van der Waals surface area (Å²) in [6.45, 7) is 0.674. The topological polar surface area (TPSA) is 79.5 Å². The molecule has 1 atom stereocenters. The maximum absolute atomic E-state index is 12.4. The highest BCUT2D eigenvalue weighted by Gasteiger charge is 2.38. The fourth-order valence-corrected chi connectivity index (χ4v) is 3.06. The van der Waals surface area contributed by atoms with Crippen molar-refractivity contribution in [2.75, 3.05) is 6.54 Å². The minimum atomic E-state index is -0.525. The average Bonchev–Trinajstić information content (AvgIpc) is 2.73. The molecule has 0 radical (unpaired) electrons. The predicted octanol–water partition coefficient (Wildman–Crippen LogP) is 1.55. The highest BCUT2D eigenvalue weighted by molar-refractivity contribution is 6.00. The van der Waals surface area contributed by atoms with Crippen LogP contribution in [0, 0.1) is 0 Å². The monoisotopic (exact) mass is 286 g/mol.